The summed E-state index contributed by atoms with van der Waals surface area (Å²) in [5.41, 5.74) is -0.540. The Morgan fingerprint density at radius 2 is 1.92 bits per heavy atom. The second-order valence-electron chi connectivity index (χ2n) is 7.84. The molecule has 1 aliphatic heterocycles. The molecule has 1 atom stereocenters. The highest BCUT2D eigenvalue weighted by Crippen LogP contribution is 2.26. The van der Waals surface area contributed by atoms with Crippen LogP contribution in [0.15, 0.2) is 0 Å². The molecule has 0 aromatic heterocycles. The Morgan fingerprint density at radius 1 is 1.21 bits per heavy atom. The van der Waals surface area contributed by atoms with E-state index in [1.54, 1.807) is 4.90 Å². The lowest BCUT2D eigenvalue weighted by Gasteiger charge is -2.36. The maximum Gasteiger partial charge on any atom is 0.410 e. The van der Waals surface area contributed by atoms with Crippen LogP contribution in [0.2, 0.25) is 0 Å². The fourth-order valence-corrected chi connectivity index (χ4v) is 3.22. The van der Waals surface area contributed by atoms with E-state index in [2.05, 4.69) is 17.1 Å². The van der Waals surface area contributed by atoms with Crippen LogP contribution in [0.1, 0.15) is 59.8 Å². The number of nitrogens with one attached hydrogen (secondary N) is 1. The largest absolute Gasteiger partial charge is 0.444 e. The number of carbonyl (C=O) groups is 2. The van der Waals surface area contributed by atoms with Crippen LogP contribution in [0.4, 0.5) is 4.79 Å². The monoisotopic (exact) mass is 339 g/mol. The molecule has 6 heteroatoms. The smallest absolute Gasteiger partial charge is 0.410 e. The number of ether oxygens (including phenoxy) is 1. The number of nitrogens with zero attached hydrogens (tertiary/aromatic N) is 2. The number of amides is 2. The summed E-state index contributed by atoms with van der Waals surface area (Å²) in [4.78, 5) is 28.9. The lowest BCUT2D eigenvalue weighted by molar-refractivity contribution is -0.127. The van der Waals surface area contributed by atoms with Gasteiger partial charge in [0.2, 0.25) is 5.91 Å². The second kappa shape index (κ2) is 8.19. The summed E-state index contributed by atoms with van der Waals surface area (Å²) < 4.78 is 5.46. The minimum Gasteiger partial charge on any atom is -0.444 e. The minimum atomic E-state index is -0.540. The van der Waals surface area contributed by atoms with Gasteiger partial charge in [0.25, 0.3) is 0 Å². The maximum atomic E-state index is 12.6. The first kappa shape index (κ1) is 19.0. The first-order chi connectivity index (χ1) is 11.3. The van der Waals surface area contributed by atoms with Gasteiger partial charge in [0.15, 0.2) is 0 Å². The minimum absolute atomic E-state index is 0.0487. The molecule has 2 rings (SSSR count). The van der Waals surface area contributed by atoms with E-state index in [4.69, 9.17) is 4.74 Å². The molecule has 0 aromatic rings. The standard InChI is InChI=1S/C18H33N3O3/c1-5-20(14-9-10-14)13-11-19-16(22)15-8-6-7-12-21(15)17(23)24-18(2,3)4/h14-15H,5-13H2,1-4H3,(H,19,22). The van der Waals surface area contributed by atoms with Gasteiger partial charge in [0.05, 0.1) is 0 Å². The molecule has 2 fully saturated rings. The molecule has 2 amide bonds. The van der Waals surface area contributed by atoms with Crippen molar-refractivity contribution in [2.45, 2.75) is 77.5 Å². The van der Waals surface area contributed by atoms with Crippen LogP contribution in [0.3, 0.4) is 0 Å². The Labute approximate surface area is 145 Å². The third kappa shape index (κ3) is 5.65. The molecule has 138 valence electrons. The van der Waals surface area contributed by atoms with E-state index >= 15 is 0 Å². The molecule has 1 unspecified atom stereocenters. The average molecular weight is 339 g/mol. The van der Waals surface area contributed by atoms with Gasteiger partial charge in [-0.15, -0.1) is 0 Å². The van der Waals surface area contributed by atoms with Crippen LogP contribution in [0, 0.1) is 0 Å². The zero-order valence-electron chi connectivity index (χ0n) is 15.6. The molecule has 1 saturated heterocycles. The molecule has 1 N–H and O–H groups in total. The average Bonchev–Trinajstić information content (AvgIpc) is 3.34. The summed E-state index contributed by atoms with van der Waals surface area (Å²) in [7, 11) is 0. The van der Waals surface area contributed by atoms with Crippen LogP contribution in [-0.2, 0) is 9.53 Å². The molecule has 1 heterocycles. The molecule has 0 bridgehead atoms. The predicted molar refractivity (Wildman–Crippen MR) is 93.9 cm³/mol. The van der Waals surface area contributed by atoms with Gasteiger partial charge in [-0.3, -0.25) is 14.6 Å². The van der Waals surface area contributed by atoms with E-state index in [0.717, 1.165) is 25.9 Å². The van der Waals surface area contributed by atoms with Gasteiger partial charge < -0.3 is 10.1 Å². The predicted octanol–water partition coefficient (Wildman–Crippen LogP) is 2.38. The van der Waals surface area contributed by atoms with Gasteiger partial charge in [0.1, 0.15) is 11.6 Å². The van der Waals surface area contributed by atoms with Crippen LogP contribution in [0.25, 0.3) is 0 Å². The molecule has 0 aromatic carbocycles. The highest BCUT2D eigenvalue weighted by molar-refractivity contribution is 5.85. The zero-order valence-corrected chi connectivity index (χ0v) is 15.6. The summed E-state index contributed by atoms with van der Waals surface area (Å²) in [6, 6.07) is 0.310. The van der Waals surface area contributed by atoms with Crippen LogP contribution < -0.4 is 5.32 Å². The fraction of sp³-hybridized carbons (Fsp3) is 0.889. The van der Waals surface area contributed by atoms with Crippen molar-refractivity contribution < 1.29 is 14.3 Å². The third-order valence-corrected chi connectivity index (χ3v) is 4.60. The van der Waals surface area contributed by atoms with Crippen molar-refractivity contribution in [1.82, 2.24) is 15.1 Å². The number of piperidine rings is 1. The number of likely N-dealkylation sites (tertiary alicyclic amines) is 1. The van der Waals surface area contributed by atoms with Gasteiger partial charge in [0, 0.05) is 25.7 Å². The van der Waals surface area contributed by atoms with Gasteiger partial charge in [-0.1, -0.05) is 6.92 Å². The highest BCUT2D eigenvalue weighted by Gasteiger charge is 2.35. The van der Waals surface area contributed by atoms with E-state index in [0.29, 0.717) is 25.6 Å². The quantitative estimate of drug-likeness (QED) is 0.807. The normalized spacial score (nSPS) is 21.7. The topological polar surface area (TPSA) is 61.9 Å². The van der Waals surface area contributed by atoms with Crippen molar-refractivity contribution in [3.05, 3.63) is 0 Å². The summed E-state index contributed by atoms with van der Waals surface area (Å²) in [5.74, 6) is -0.0487. The Kier molecular flexibility index (Phi) is 6.49. The van der Waals surface area contributed by atoms with Crippen molar-refractivity contribution in [1.29, 1.82) is 0 Å². The van der Waals surface area contributed by atoms with E-state index in [-0.39, 0.29) is 12.0 Å². The van der Waals surface area contributed by atoms with Crippen LogP contribution >= 0.6 is 0 Å². The SMILES string of the molecule is CCN(CCNC(=O)C1CCCCN1C(=O)OC(C)(C)C)C1CC1. The van der Waals surface area contributed by atoms with Crippen molar-refractivity contribution in [2.24, 2.45) is 0 Å². The van der Waals surface area contributed by atoms with Crippen LogP contribution in [-0.4, -0.2) is 65.7 Å². The molecule has 6 nitrogen and oxygen atoms in total. The lowest BCUT2D eigenvalue weighted by Crippen LogP contribution is -2.53. The van der Waals surface area contributed by atoms with Gasteiger partial charge >= 0.3 is 6.09 Å². The van der Waals surface area contributed by atoms with Crippen molar-refractivity contribution in [3.63, 3.8) is 0 Å². The number of hydrogen-bond donors (Lipinski definition) is 1. The highest BCUT2D eigenvalue weighted by atomic mass is 16.6. The van der Waals surface area contributed by atoms with E-state index < -0.39 is 11.6 Å². The van der Waals surface area contributed by atoms with E-state index in [9.17, 15) is 9.59 Å². The molecule has 0 radical (unpaired) electrons. The van der Waals surface area contributed by atoms with E-state index in [1.165, 1.54) is 12.8 Å². The van der Waals surface area contributed by atoms with E-state index in [1.807, 2.05) is 20.8 Å². The second-order valence-corrected chi connectivity index (χ2v) is 7.84. The number of hydrogen-bond acceptors (Lipinski definition) is 4. The zero-order chi connectivity index (χ0) is 17.7. The first-order valence-electron chi connectivity index (χ1n) is 9.33. The molecule has 1 saturated carbocycles. The summed E-state index contributed by atoms with van der Waals surface area (Å²) in [6.45, 7) is 10.8. The number of likely N-dealkylation sites (N-methyl/N-ethyl adjacent to an activating group) is 1. The Morgan fingerprint density at radius 3 is 2.50 bits per heavy atom. The number of rotatable bonds is 6. The maximum absolute atomic E-state index is 12.6. The van der Waals surface area contributed by atoms with Crippen molar-refractivity contribution >= 4 is 12.0 Å². The summed E-state index contributed by atoms with van der Waals surface area (Å²) in [6.07, 6.45) is 4.78. The molecule has 0 spiro atoms. The van der Waals surface area contributed by atoms with Gasteiger partial charge in [-0.05, 0) is 59.4 Å². The molecular weight excluding hydrogens is 306 g/mol. The van der Waals surface area contributed by atoms with Crippen molar-refractivity contribution in [3.8, 4) is 0 Å². The summed E-state index contributed by atoms with van der Waals surface area (Å²) in [5, 5.41) is 3.02. The number of carbonyl (C=O) groups excluding carboxylic acids is 2. The molecule has 24 heavy (non-hydrogen) atoms. The fourth-order valence-electron chi connectivity index (χ4n) is 3.22. The first-order valence-corrected chi connectivity index (χ1v) is 9.33. The third-order valence-electron chi connectivity index (χ3n) is 4.60. The summed E-state index contributed by atoms with van der Waals surface area (Å²) >= 11 is 0. The Balaban J connectivity index is 1.84. The van der Waals surface area contributed by atoms with Gasteiger partial charge in [-0.25, -0.2) is 4.79 Å². The molecule has 2 aliphatic rings. The Bertz CT molecular complexity index is 443. The Hall–Kier alpha value is -1.30. The molecule has 1 aliphatic carbocycles. The van der Waals surface area contributed by atoms with Crippen LogP contribution in [0.5, 0.6) is 0 Å². The van der Waals surface area contributed by atoms with Gasteiger partial charge in [-0.2, -0.15) is 0 Å². The lowest BCUT2D eigenvalue weighted by atomic mass is 10.0. The molecular formula is C18H33N3O3. The van der Waals surface area contributed by atoms with Crippen molar-refractivity contribution in [2.75, 3.05) is 26.2 Å².